The van der Waals surface area contributed by atoms with Crippen molar-refractivity contribution >= 4 is 4.99 Å². The maximum atomic E-state index is 4.45. The summed E-state index contributed by atoms with van der Waals surface area (Å²) in [5.41, 5.74) is 0. The Morgan fingerprint density at radius 1 is 0.833 bits per heavy atom. The second kappa shape index (κ2) is 10.8. The summed E-state index contributed by atoms with van der Waals surface area (Å²) in [6.07, 6.45) is 14.0. The average molecular weight is 208 g/mol. The Kier molecular flexibility index (Phi) is 10.7. The van der Waals surface area contributed by atoms with E-state index < -0.39 is 0 Å². The Bertz CT molecular complexity index is 145. The van der Waals surface area contributed by atoms with Crippen molar-refractivity contribution in [2.75, 3.05) is 0 Å². The molecule has 0 atom stereocenters. The molecule has 0 amide bonds. The van der Waals surface area contributed by atoms with Gasteiger partial charge in [0.1, 0.15) is 0 Å². The molecule has 0 fully saturated rings. The van der Waals surface area contributed by atoms with Gasteiger partial charge in [0.25, 0.3) is 0 Å². The van der Waals surface area contributed by atoms with Crippen LogP contribution in [0.5, 0.6) is 0 Å². The second-order valence-corrected chi connectivity index (χ2v) is 2.92. The van der Waals surface area contributed by atoms with Crippen molar-refractivity contribution in [2.24, 2.45) is 0 Å². The van der Waals surface area contributed by atoms with E-state index in [0.29, 0.717) is 0 Å². The first-order chi connectivity index (χ1) is 5.91. The molecule has 0 N–H and O–H groups in total. The number of hydrogen-bond donors (Lipinski definition) is 0. The van der Waals surface area contributed by atoms with E-state index in [9.17, 15) is 0 Å². The van der Waals surface area contributed by atoms with Crippen LogP contribution in [-0.2, 0) is 15.0 Å². The van der Waals surface area contributed by atoms with Gasteiger partial charge in [-0.1, -0.05) is 0 Å². The molecule has 12 heavy (non-hydrogen) atoms. The molecular weight excluding hydrogens is 191 g/mol. The van der Waals surface area contributed by atoms with Crippen molar-refractivity contribution in [1.29, 1.82) is 0 Å². The summed E-state index contributed by atoms with van der Waals surface area (Å²) in [5.74, 6) is 0. The van der Waals surface area contributed by atoms with E-state index in [2.05, 4.69) is 46.3 Å². The van der Waals surface area contributed by atoms with Gasteiger partial charge in [-0.2, -0.15) is 0 Å². The Morgan fingerprint density at radius 3 is 1.83 bits per heavy atom. The predicted molar refractivity (Wildman–Crippen MR) is 52.8 cm³/mol. The van der Waals surface area contributed by atoms with E-state index in [1.54, 1.807) is 0 Å². The Hall–Kier alpha value is -0.156. The average Bonchev–Trinajstić information content (AvgIpc) is 2.10. The van der Waals surface area contributed by atoms with E-state index >= 15 is 0 Å². The van der Waals surface area contributed by atoms with E-state index in [1.807, 2.05) is 4.99 Å². The Labute approximate surface area is 83.7 Å². The number of unbranched alkanes of at least 4 members (excludes halogenated alkanes) is 2. The van der Waals surface area contributed by atoms with Crippen molar-refractivity contribution in [3.63, 3.8) is 0 Å². The van der Waals surface area contributed by atoms with Gasteiger partial charge in [-0.05, 0) is 0 Å². The summed E-state index contributed by atoms with van der Waals surface area (Å²) < 4.78 is 0. The summed E-state index contributed by atoms with van der Waals surface area (Å²) in [6.45, 7) is 3.72. The minimum absolute atomic E-state index is 0.899. The van der Waals surface area contributed by atoms with Crippen molar-refractivity contribution in [1.82, 2.24) is 0 Å². The molecule has 0 aromatic rings. The molecule has 0 heterocycles. The van der Waals surface area contributed by atoms with Crippen LogP contribution in [0.15, 0.2) is 24.3 Å². The van der Waals surface area contributed by atoms with Gasteiger partial charge in [0.2, 0.25) is 0 Å². The van der Waals surface area contributed by atoms with E-state index in [4.69, 9.17) is 0 Å². The van der Waals surface area contributed by atoms with Crippen LogP contribution in [0.1, 0.15) is 32.1 Å². The minimum atomic E-state index is 0.899. The van der Waals surface area contributed by atoms with Crippen LogP contribution in [0.25, 0.3) is 0 Å². The zero-order valence-corrected chi connectivity index (χ0v) is 8.43. The fourth-order valence-corrected chi connectivity index (χ4v) is 0.977. The van der Waals surface area contributed by atoms with Gasteiger partial charge in [0.15, 0.2) is 0 Å². The van der Waals surface area contributed by atoms with Gasteiger partial charge in [-0.3, -0.25) is 0 Å². The quantitative estimate of drug-likeness (QED) is 0.260. The summed E-state index contributed by atoms with van der Waals surface area (Å²) in [4.78, 5) is 1.83. The third-order valence-corrected chi connectivity index (χ3v) is 1.71. The normalized spacial score (nSPS) is 11.6. The van der Waals surface area contributed by atoms with Crippen LogP contribution in [-0.4, -0.2) is 4.99 Å². The van der Waals surface area contributed by atoms with Crippen LogP contribution in [0.3, 0.4) is 0 Å². The number of hydrogen-bond acceptors (Lipinski definition) is 0. The Morgan fingerprint density at radius 2 is 1.33 bits per heavy atom. The number of rotatable bonds is 7. The molecule has 0 rings (SSSR count). The van der Waals surface area contributed by atoms with E-state index in [0.717, 1.165) is 32.1 Å². The Balaban J connectivity index is 3.12. The molecule has 0 aliphatic heterocycles. The molecule has 0 bridgehead atoms. The monoisotopic (exact) mass is 207 g/mol. The summed E-state index contributed by atoms with van der Waals surface area (Å²) in [7, 11) is 0. The van der Waals surface area contributed by atoms with Gasteiger partial charge < -0.3 is 0 Å². The van der Waals surface area contributed by atoms with Gasteiger partial charge in [0, 0.05) is 0 Å². The molecule has 0 aliphatic rings. The van der Waals surface area contributed by atoms with Crippen molar-refractivity contribution in [2.45, 2.75) is 32.1 Å². The molecule has 0 aromatic heterocycles. The van der Waals surface area contributed by atoms with Crippen LogP contribution in [0.4, 0.5) is 0 Å². The molecule has 0 aliphatic carbocycles. The van der Waals surface area contributed by atoms with Crippen molar-refractivity contribution in [3.05, 3.63) is 31.2 Å². The molecule has 0 saturated heterocycles. The molecule has 72 valence electrons. The van der Waals surface area contributed by atoms with Gasteiger partial charge in [-0.25, -0.2) is 0 Å². The first-order valence-electron chi connectivity index (χ1n) is 4.39. The standard InChI is InChI=1S/C11H17.Ni/c1-3-5-7-9-11-10-8-6-4-2;/h1,6-9H,2-5,10-11H2;/q-1;/b8-6+,9-7+;. The van der Waals surface area contributed by atoms with Crippen LogP contribution < -0.4 is 0 Å². The molecule has 0 aromatic carbocycles. The summed E-state index contributed by atoms with van der Waals surface area (Å²) in [6, 6.07) is 0. The molecule has 0 radical (unpaired) electrons. The third kappa shape index (κ3) is 9.84. The van der Waals surface area contributed by atoms with E-state index in [-0.39, 0.29) is 0 Å². The maximum absolute atomic E-state index is 4.45. The predicted octanol–water partition coefficient (Wildman–Crippen LogP) is 3.23. The van der Waals surface area contributed by atoms with Crippen molar-refractivity contribution < 1.29 is 15.0 Å². The summed E-state index contributed by atoms with van der Waals surface area (Å²) >= 11 is 4.45. The van der Waals surface area contributed by atoms with Crippen LogP contribution in [0.2, 0.25) is 0 Å². The SMILES string of the molecule is [CH2-]C/C=C/CC/C=C/CC[CH]=[Ni]. The fraction of sp³-hybridized carbons (Fsp3) is 0.455. The van der Waals surface area contributed by atoms with E-state index in [1.165, 1.54) is 0 Å². The van der Waals surface area contributed by atoms with Crippen molar-refractivity contribution in [3.8, 4) is 0 Å². The fourth-order valence-electron chi connectivity index (χ4n) is 0.813. The zero-order chi connectivity index (χ0) is 9.07. The molecule has 1 heteroatoms. The summed E-state index contributed by atoms with van der Waals surface area (Å²) in [5, 5.41) is 0. The third-order valence-electron chi connectivity index (χ3n) is 1.42. The van der Waals surface area contributed by atoms with Gasteiger partial charge in [-0.15, -0.1) is 0 Å². The molecule has 0 saturated carbocycles. The van der Waals surface area contributed by atoms with Gasteiger partial charge >= 0.3 is 83.4 Å². The van der Waals surface area contributed by atoms with Crippen LogP contribution in [0, 0.1) is 6.92 Å². The second-order valence-electron chi connectivity index (χ2n) is 2.52. The number of allylic oxidation sites excluding steroid dienone is 4. The molecule has 0 unspecified atom stereocenters. The first kappa shape index (κ1) is 11.8. The molecule has 0 nitrogen and oxygen atoms in total. The van der Waals surface area contributed by atoms with Gasteiger partial charge in [0.05, 0.1) is 0 Å². The molecule has 0 spiro atoms. The topological polar surface area (TPSA) is 0 Å². The van der Waals surface area contributed by atoms with Crippen LogP contribution >= 0.6 is 0 Å². The first-order valence-corrected chi connectivity index (χ1v) is 4.96. The molecular formula is C11H17Ni-. The zero-order valence-electron chi connectivity index (χ0n) is 7.45.